The first-order valence-corrected chi connectivity index (χ1v) is 3.88. The van der Waals surface area contributed by atoms with Gasteiger partial charge in [0, 0.05) is 20.0 Å². The monoisotopic (exact) mass is 154 g/mol. The third-order valence-electron chi connectivity index (χ3n) is 1.42. The number of rotatable bonds is 4. The average Bonchev–Trinajstić information content (AvgIpc) is 2.37. The molecule has 0 aromatic carbocycles. The highest BCUT2D eigenvalue weighted by Crippen LogP contribution is 1.87. The van der Waals surface area contributed by atoms with E-state index in [1.54, 1.807) is 11.0 Å². The van der Waals surface area contributed by atoms with E-state index in [1.807, 2.05) is 7.05 Å². The Morgan fingerprint density at radius 1 is 1.64 bits per heavy atom. The SMILES string of the molecule is CCNCCc1ncn(C)n1. The number of aryl methyl sites for hydroxylation is 1. The molecule has 0 atom stereocenters. The van der Waals surface area contributed by atoms with Crippen LogP contribution in [0.25, 0.3) is 0 Å². The second-order valence-electron chi connectivity index (χ2n) is 2.44. The molecule has 0 fully saturated rings. The molecule has 1 aromatic rings. The van der Waals surface area contributed by atoms with Crippen molar-refractivity contribution in [1.29, 1.82) is 0 Å². The summed E-state index contributed by atoms with van der Waals surface area (Å²) in [7, 11) is 1.88. The molecule has 0 saturated heterocycles. The Morgan fingerprint density at radius 3 is 3.00 bits per heavy atom. The Labute approximate surface area is 66.6 Å². The predicted molar refractivity (Wildman–Crippen MR) is 43.3 cm³/mol. The lowest BCUT2D eigenvalue weighted by atomic mass is 10.4. The van der Waals surface area contributed by atoms with E-state index in [0.29, 0.717) is 0 Å². The van der Waals surface area contributed by atoms with Crippen LogP contribution in [0.15, 0.2) is 6.33 Å². The molecule has 11 heavy (non-hydrogen) atoms. The van der Waals surface area contributed by atoms with Crippen molar-refractivity contribution in [3.63, 3.8) is 0 Å². The van der Waals surface area contributed by atoms with Crippen molar-refractivity contribution in [2.75, 3.05) is 13.1 Å². The second kappa shape index (κ2) is 4.08. The molecule has 62 valence electrons. The lowest BCUT2D eigenvalue weighted by molar-refractivity contribution is 0.681. The summed E-state index contributed by atoms with van der Waals surface area (Å²) in [6.45, 7) is 4.05. The first-order chi connectivity index (χ1) is 5.33. The van der Waals surface area contributed by atoms with Crippen LogP contribution in [0.2, 0.25) is 0 Å². The van der Waals surface area contributed by atoms with E-state index in [9.17, 15) is 0 Å². The van der Waals surface area contributed by atoms with Gasteiger partial charge in [0.25, 0.3) is 0 Å². The van der Waals surface area contributed by atoms with Crippen molar-refractivity contribution in [1.82, 2.24) is 20.1 Å². The molecular formula is C7H14N4. The highest BCUT2D eigenvalue weighted by molar-refractivity contribution is 4.81. The molecular weight excluding hydrogens is 140 g/mol. The lowest BCUT2D eigenvalue weighted by Crippen LogP contribution is -2.16. The quantitative estimate of drug-likeness (QED) is 0.619. The van der Waals surface area contributed by atoms with E-state index in [4.69, 9.17) is 0 Å². The van der Waals surface area contributed by atoms with Crippen LogP contribution >= 0.6 is 0 Å². The molecule has 4 nitrogen and oxygen atoms in total. The summed E-state index contributed by atoms with van der Waals surface area (Å²) < 4.78 is 1.72. The highest BCUT2D eigenvalue weighted by atomic mass is 15.3. The summed E-state index contributed by atoms with van der Waals surface area (Å²) in [5.41, 5.74) is 0. The topological polar surface area (TPSA) is 42.7 Å². The molecule has 1 rings (SSSR count). The molecule has 1 aromatic heterocycles. The summed E-state index contributed by atoms with van der Waals surface area (Å²) >= 11 is 0. The number of aromatic nitrogens is 3. The Kier molecular flexibility index (Phi) is 3.04. The minimum absolute atomic E-state index is 0.911. The van der Waals surface area contributed by atoms with Gasteiger partial charge in [-0.25, -0.2) is 4.98 Å². The van der Waals surface area contributed by atoms with Gasteiger partial charge in [-0.15, -0.1) is 0 Å². The van der Waals surface area contributed by atoms with Gasteiger partial charge in [-0.2, -0.15) is 5.10 Å². The average molecular weight is 154 g/mol. The summed E-state index contributed by atoms with van der Waals surface area (Å²) in [4.78, 5) is 4.10. The first kappa shape index (κ1) is 8.20. The van der Waals surface area contributed by atoms with Gasteiger partial charge in [0.15, 0.2) is 5.82 Å². The Morgan fingerprint density at radius 2 is 2.45 bits per heavy atom. The Hall–Kier alpha value is -0.900. The molecule has 0 aliphatic rings. The normalized spacial score (nSPS) is 10.4. The molecule has 0 bridgehead atoms. The van der Waals surface area contributed by atoms with E-state index in [0.717, 1.165) is 25.3 Å². The van der Waals surface area contributed by atoms with Crippen molar-refractivity contribution >= 4 is 0 Å². The molecule has 0 saturated carbocycles. The smallest absolute Gasteiger partial charge is 0.151 e. The van der Waals surface area contributed by atoms with E-state index >= 15 is 0 Å². The molecule has 1 N–H and O–H groups in total. The summed E-state index contributed by atoms with van der Waals surface area (Å²) in [6.07, 6.45) is 2.63. The van der Waals surface area contributed by atoms with Gasteiger partial charge in [0.2, 0.25) is 0 Å². The number of nitrogens with zero attached hydrogens (tertiary/aromatic N) is 3. The molecule has 0 unspecified atom stereocenters. The summed E-state index contributed by atoms with van der Waals surface area (Å²) in [5, 5.41) is 7.36. The van der Waals surface area contributed by atoms with Crippen LogP contribution in [-0.2, 0) is 13.5 Å². The zero-order valence-electron chi connectivity index (χ0n) is 7.04. The van der Waals surface area contributed by atoms with E-state index in [-0.39, 0.29) is 0 Å². The maximum absolute atomic E-state index is 4.15. The Balaban J connectivity index is 2.27. The van der Waals surface area contributed by atoms with Crippen molar-refractivity contribution in [3.05, 3.63) is 12.2 Å². The van der Waals surface area contributed by atoms with Crippen LogP contribution in [-0.4, -0.2) is 27.9 Å². The maximum Gasteiger partial charge on any atom is 0.151 e. The number of likely N-dealkylation sites (N-methyl/N-ethyl adjacent to an activating group) is 1. The lowest BCUT2D eigenvalue weighted by Gasteiger charge is -1.95. The fraction of sp³-hybridized carbons (Fsp3) is 0.714. The summed E-state index contributed by atoms with van der Waals surface area (Å²) in [5.74, 6) is 0.911. The van der Waals surface area contributed by atoms with Crippen molar-refractivity contribution in [3.8, 4) is 0 Å². The minimum Gasteiger partial charge on any atom is -0.317 e. The molecule has 4 heteroatoms. The van der Waals surface area contributed by atoms with Crippen LogP contribution in [0.4, 0.5) is 0 Å². The van der Waals surface area contributed by atoms with E-state index < -0.39 is 0 Å². The Bertz CT molecular complexity index is 206. The van der Waals surface area contributed by atoms with Gasteiger partial charge in [-0.05, 0) is 6.54 Å². The highest BCUT2D eigenvalue weighted by Gasteiger charge is 1.95. The fourth-order valence-corrected chi connectivity index (χ4v) is 0.875. The maximum atomic E-state index is 4.15. The van der Waals surface area contributed by atoms with Crippen molar-refractivity contribution in [2.24, 2.45) is 7.05 Å². The number of hydrogen-bond acceptors (Lipinski definition) is 3. The van der Waals surface area contributed by atoms with Gasteiger partial charge in [0.05, 0.1) is 0 Å². The fourth-order valence-electron chi connectivity index (χ4n) is 0.875. The minimum atomic E-state index is 0.911. The first-order valence-electron chi connectivity index (χ1n) is 3.88. The van der Waals surface area contributed by atoms with E-state index in [1.165, 1.54) is 0 Å². The zero-order chi connectivity index (χ0) is 8.10. The van der Waals surface area contributed by atoms with Crippen LogP contribution < -0.4 is 5.32 Å². The van der Waals surface area contributed by atoms with Crippen LogP contribution in [0, 0.1) is 0 Å². The molecule has 0 aliphatic carbocycles. The predicted octanol–water partition coefficient (Wildman–Crippen LogP) is -0.0329. The van der Waals surface area contributed by atoms with Gasteiger partial charge in [-0.1, -0.05) is 6.92 Å². The number of hydrogen-bond donors (Lipinski definition) is 1. The molecule has 0 radical (unpaired) electrons. The molecule has 0 amide bonds. The van der Waals surface area contributed by atoms with Crippen LogP contribution in [0.3, 0.4) is 0 Å². The van der Waals surface area contributed by atoms with E-state index in [2.05, 4.69) is 22.3 Å². The van der Waals surface area contributed by atoms with Crippen LogP contribution in [0.5, 0.6) is 0 Å². The molecule has 0 spiro atoms. The third kappa shape index (κ3) is 2.67. The van der Waals surface area contributed by atoms with Gasteiger partial charge < -0.3 is 5.32 Å². The van der Waals surface area contributed by atoms with Gasteiger partial charge in [-0.3, -0.25) is 4.68 Å². The number of nitrogens with one attached hydrogen (secondary N) is 1. The largest absolute Gasteiger partial charge is 0.317 e. The third-order valence-corrected chi connectivity index (χ3v) is 1.42. The second-order valence-corrected chi connectivity index (χ2v) is 2.44. The summed E-state index contributed by atoms with van der Waals surface area (Å²) in [6, 6.07) is 0. The zero-order valence-corrected chi connectivity index (χ0v) is 7.04. The molecule has 1 heterocycles. The standard InChI is InChI=1S/C7H14N4/c1-3-8-5-4-7-9-6-11(2)10-7/h6,8H,3-5H2,1-2H3. The van der Waals surface area contributed by atoms with Gasteiger partial charge in [0.1, 0.15) is 6.33 Å². The van der Waals surface area contributed by atoms with Crippen molar-refractivity contribution in [2.45, 2.75) is 13.3 Å². The molecule has 0 aliphatic heterocycles. The van der Waals surface area contributed by atoms with Crippen LogP contribution in [0.1, 0.15) is 12.7 Å². The van der Waals surface area contributed by atoms with Gasteiger partial charge >= 0.3 is 0 Å². The van der Waals surface area contributed by atoms with Crippen molar-refractivity contribution < 1.29 is 0 Å².